The van der Waals surface area contributed by atoms with Gasteiger partial charge < -0.3 is 10.6 Å². The Morgan fingerprint density at radius 2 is 1.68 bits per heavy atom. The van der Waals surface area contributed by atoms with Crippen molar-refractivity contribution in [2.45, 2.75) is 24.2 Å². The average molecular weight is 377 g/mol. The molecule has 0 atom stereocenters. The lowest BCUT2D eigenvalue weighted by Crippen LogP contribution is -2.35. The van der Waals surface area contributed by atoms with Crippen molar-refractivity contribution in [2.75, 3.05) is 23.7 Å². The summed E-state index contributed by atoms with van der Waals surface area (Å²) in [4.78, 5) is 4.32. The molecule has 1 aliphatic heterocycles. The molecule has 0 radical (unpaired) electrons. The van der Waals surface area contributed by atoms with E-state index in [0.717, 1.165) is 30.6 Å². The van der Waals surface area contributed by atoms with E-state index >= 15 is 0 Å². The molecule has 0 saturated carbocycles. The van der Waals surface area contributed by atoms with Gasteiger partial charge in [0, 0.05) is 25.0 Å². The molecule has 1 aromatic carbocycles. The molecule has 0 aliphatic carbocycles. The van der Waals surface area contributed by atoms with Gasteiger partial charge in [0.25, 0.3) is 0 Å². The van der Waals surface area contributed by atoms with Crippen LogP contribution in [0.1, 0.15) is 19.3 Å². The van der Waals surface area contributed by atoms with Gasteiger partial charge >= 0.3 is 0 Å². The second-order valence-electron chi connectivity index (χ2n) is 5.81. The summed E-state index contributed by atoms with van der Waals surface area (Å²) in [5.74, 6) is 0. The van der Waals surface area contributed by atoms with Gasteiger partial charge in [-0.1, -0.05) is 6.42 Å². The second kappa shape index (κ2) is 7.90. The first-order valence-electron chi connectivity index (χ1n) is 8.14. The molecule has 6 nitrogen and oxygen atoms in total. The van der Waals surface area contributed by atoms with Crippen molar-refractivity contribution in [3.05, 3.63) is 48.8 Å². The van der Waals surface area contributed by atoms with Gasteiger partial charge in [-0.2, -0.15) is 4.31 Å². The van der Waals surface area contributed by atoms with E-state index < -0.39 is 10.0 Å². The third-order valence-corrected chi connectivity index (χ3v) is 6.10. The van der Waals surface area contributed by atoms with Crippen LogP contribution in [0.3, 0.4) is 0 Å². The predicted molar refractivity (Wildman–Crippen MR) is 103 cm³/mol. The zero-order valence-corrected chi connectivity index (χ0v) is 15.3. The summed E-state index contributed by atoms with van der Waals surface area (Å²) < 4.78 is 26.8. The van der Waals surface area contributed by atoms with Gasteiger partial charge in [-0.05, 0) is 61.5 Å². The van der Waals surface area contributed by atoms with Crippen molar-refractivity contribution in [3.8, 4) is 0 Å². The van der Waals surface area contributed by atoms with E-state index in [1.807, 2.05) is 12.1 Å². The van der Waals surface area contributed by atoms with E-state index in [1.54, 1.807) is 41.0 Å². The highest BCUT2D eigenvalue weighted by Gasteiger charge is 2.25. The van der Waals surface area contributed by atoms with E-state index in [0.29, 0.717) is 23.1 Å². The number of nitrogens with one attached hydrogen (secondary N) is 2. The fourth-order valence-electron chi connectivity index (χ4n) is 2.69. The number of hydrogen-bond acceptors (Lipinski definition) is 4. The lowest BCUT2D eigenvalue weighted by molar-refractivity contribution is 0.346. The molecule has 2 heterocycles. The standard InChI is InChI=1S/C17H20N4O2S2/c22-25(23,21-11-2-1-3-12-21)16-8-6-14(7-9-16)19-17(24)20-15-5-4-10-18-13-15/h4-10,13H,1-3,11-12H2,(H2,19,20,24). The van der Waals surface area contributed by atoms with Crippen LogP contribution < -0.4 is 10.6 Å². The number of piperidine rings is 1. The Labute approximate surface area is 153 Å². The average Bonchev–Trinajstić information content (AvgIpc) is 2.63. The highest BCUT2D eigenvalue weighted by Crippen LogP contribution is 2.22. The maximum absolute atomic E-state index is 12.6. The third kappa shape index (κ3) is 4.53. The lowest BCUT2D eigenvalue weighted by atomic mass is 10.2. The third-order valence-electron chi connectivity index (χ3n) is 3.98. The van der Waals surface area contributed by atoms with Crippen molar-refractivity contribution < 1.29 is 8.42 Å². The van der Waals surface area contributed by atoms with E-state index in [4.69, 9.17) is 12.2 Å². The Morgan fingerprint density at radius 3 is 2.32 bits per heavy atom. The van der Waals surface area contributed by atoms with Gasteiger partial charge in [0.15, 0.2) is 5.11 Å². The molecule has 2 N–H and O–H groups in total. The van der Waals surface area contributed by atoms with E-state index in [2.05, 4.69) is 15.6 Å². The highest BCUT2D eigenvalue weighted by atomic mass is 32.2. The summed E-state index contributed by atoms with van der Waals surface area (Å²) in [5.41, 5.74) is 1.50. The number of pyridine rings is 1. The van der Waals surface area contributed by atoms with E-state index in [-0.39, 0.29) is 0 Å². The first-order chi connectivity index (χ1) is 12.1. The minimum atomic E-state index is -3.41. The molecule has 0 spiro atoms. The number of hydrogen-bond donors (Lipinski definition) is 2. The molecule has 1 aliphatic rings. The fourth-order valence-corrected chi connectivity index (χ4v) is 4.45. The summed E-state index contributed by atoms with van der Waals surface area (Å²) >= 11 is 5.25. The van der Waals surface area contributed by atoms with Gasteiger partial charge in [-0.25, -0.2) is 8.42 Å². The number of aromatic nitrogens is 1. The Kier molecular flexibility index (Phi) is 5.62. The molecule has 0 unspecified atom stereocenters. The molecule has 25 heavy (non-hydrogen) atoms. The normalized spacial score (nSPS) is 15.5. The molecule has 1 fully saturated rings. The number of nitrogens with zero attached hydrogens (tertiary/aromatic N) is 2. The summed E-state index contributed by atoms with van der Waals surface area (Å²) in [6.45, 7) is 1.20. The molecule has 0 amide bonds. The van der Waals surface area contributed by atoms with E-state index in [1.165, 1.54) is 0 Å². The van der Waals surface area contributed by atoms with Crippen LogP contribution in [0.2, 0.25) is 0 Å². The Morgan fingerprint density at radius 1 is 1.00 bits per heavy atom. The summed E-state index contributed by atoms with van der Waals surface area (Å²) in [7, 11) is -3.41. The summed E-state index contributed by atoms with van der Waals surface area (Å²) in [6.07, 6.45) is 6.29. The quantitative estimate of drug-likeness (QED) is 0.799. The van der Waals surface area contributed by atoms with Crippen LogP contribution >= 0.6 is 12.2 Å². The maximum atomic E-state index is 12.6. The van der Waals surface area contributed by atoms with Crippen LogP contribution in [0.25, 0.3) is 0 Å². The van der Waals surface area contributed by atoms with Crippen molar-refractivity contribution >= 4 is 38.7 Å². The monoisotopic (exact) mass is 376 g/mol. The van der Waals surface area contributed by atoms with Crippen LogP contribution in [-0.4, -0.2) is 35.9 Å². The van der Waals surface area contributed by atoms with Gasteiger partial charge in [-0.15, -0.1) is 0 Å². The smallest absolute Gasteiger partial charge is 0.243 e. The van der Waals surface area contributed by atoms with Crippen LogP contribution in [0, 0.1) is 0 Å². The Balaban J connectivity index is 1.64. The lowest BCUT2D eigenvalue weighted by Gasteiger charge is -2.25. The Bertz CT molecular complexity index is 817. The van der Waals surface area contributed by atoms with Crippen LogP contribution in [0.15, 0.2) is 53.7 Å². The maximum Gasteiger partial charge on any atom is 0.243 e. The molecule has 8 heteroatoms. The zero-order chi connectivity index (χ0) is 17.7. The number of thiocarbonyl (C=S) groups is 1. The van der Waals surface area contributed by atoms with Crippen molar-refractivity contribution in [1.29, 1.82) is 0 Å². The molecule has 132 valence electrons. The SMILES string of the molecule is O=S(=O)(c1ccc(NC(=S)Nc2cccnc2)cc1)N1CCCCC1. The summed E-state index contributed by atoms with van der Waals surface area (Å²) in [6, 6.07) is 10.3. The second-order valence-corrected chi connectivity index (χ2v) is 8.16. The number of anilines is 2. The topological polar surface area (TPSA) is 74.3 Å². The van der Waals surface area contributed by atoms with Crippen molar-refractivity contribution in [3.63, 3.8) is 0 Å². The molecular formula is C17H20N4O2S2. The van der Waals surface area contributed by atoms with Crippen LogP contribution in [-0.2, 0) is 10.0 Å². The minimum absolute atomic E-state index is 0.311. The minimum Gasteiger partial charge on any atom is -0.332 e. The molecule has 2 aromatic rings. The number of benzene rings is 1. The number of rotatable bonds is 4. The number of sulfonamides is 1. The molecule has 1 aromatic heterocycles. The van der Waals surface area contributed by atoms with Gasteiger partial charge in [0.1, 0.15) is 0 Å². The zero-order valence-electron chi connectivity index (χ0n) is 13.7. The van der Waals surface area contributed by atoms with Gasteiger partial charge in [0.2, 0.25) is 10.0 Å². The van der Waals surface area contributed by atoms with Gasteiger partial charge in [0.05, 0.1) is 16.8 Å². The summed E-state index contributed by atoms with van der Waals surface area (Å²) in [5, 5.41) is 6.47. The highest BCUT2D eigenvalue weighted by molar-refractivity contribution is 7.89. The van der Waals surface area contributed by atoms with Crippen LogP contribution in [0.5, 0.6) is 0 Å². The fraction of sp³-hybridized carbons (Fsp3) is 0.294. The largest absolute Gasteiger partial charge is 0.332 e. The Hall–Kier alpha value is -2.03. The van der Waals surface area contributed by atoms with Gasteiger partial charge in [-0.3, -0.25) is 4.98 Å². The van der Waals surface area contributed by atoms with Crippen LogP contribution in [0.4, 0.5) is 11.4 Å². The first-order valence-corrected chi connectivity index (χ1v) is 9.99. The molecular weight excluding hydrogens is 356 g/mol. The molecule has 3 rings (SSSR count). The van der Waals surface area contributed by atoms with Crippen molar-refractivity contribution in [2.24, 2.45) is 0 Å². The van der Waals surface area contributed by atoms with Crippen molar-refractivity contribution in [1.82, 2.24) is 9.29 Å². The molecule has 0 bridgehead atoms. The predicted octanol–water partition coefficient (Wildman–Crippen LogP) is 3.07. The molecule has 1 saturated heterocycles. The van der Waals surface area contributed by atoms with E-state index in [9.17, 15) is 8.42 Å². The first kappa shape index (κ1) is 17.8.